The van der Waals surface area contributed by atoms with Crippen LogP contribution < -0.4 is 5.73 Å². The number of benzene rings is 1. The number of hydrogen-bond donors (Lipinski definition) is 2. The van der Waals surface area contributed by atoms with Crippen molar-refractivity contribution in [3.05, 3.63) is 33.8 Å². The molecular formula is C12H16BrNO2. The summed E-state index contributed by atoms with van der Waals surface area (Å²) in [6.45, 7) is 5.21. The molecule has 0 radical (unpaired) electrons. The molecule has 1 rings (SSSR count). The fraction of sp³-hybridized carbons (Fsp3) is 0.417. The Kier molecular flexibility index (Phi) is 3.76. The van der Waals surface area contributed by atoms with Crippen LogP contribution in [0.15, 0.2) is 22.7 Å². The Bertz CT molecular complexity index is 415. The highest BCUT2D eigenvalue weighted by Crippen LogP contribution is 2.34. The van der Waals surface area contributed by atoms with Gasteiger partial charge in [0.15, 0.2) is 0 Å². The predicted octanol–water partition coefficient (Wildman–Crippen LogP) is 2.87. The lowest BCUT2D eigenvalue weighted by molar-refractivity contribution is -0.148. The van der Waals surface area contributed by atoms with Gasteiger partial charge in [-0.2, -0.15) is 0 Å². The summed E-state index contributed by atoms with van der Waals surface area (Å²) < 4.78 is 0.907. The standard InChI is InChI=1S/C12H16BrNO2/c1-7-4-5-8(13)6-9(7)10(14)12(2,3)11(15)16/h4-6,10H,14H2,1-3H3,(H,15,16). The minimum absolute atomic E-state index is 0.525. The molecule has 0 saturated heterocycles. The molecule has 0 aromatic heterocycles. The Hall–Kier alpha value is -0.870. The van der Waals surface area contributed by atoms with E-state index in [1.807, 2.05) is 25.1 Å². The van der Waals surface area contributed by atoms with Gasteiger partial charge in [-0.25, -0.2) is 0 Å². The van der Waals surface area contributed by atoms with Crippen molar-refractivity contribution in [1.82, 2.24) is 0 Å². The summed E-state index contributed by atoms with van der Waals surface area (Å²) in [6.07, 6.45) is 0. The van der Waals surface area contributed by atoms with E-state index in [1.165, 1.54) is 0 Å². The summed E-state index contributed by atoms with van der Waals surface area (Å²) >= 11 is 3.37. The van der Waals surface area contributed by atoms with Gasteiger partial charge in [0, 0.05) is 10.5 Å². The van der Waals surface area contributed by atoms with E-state index in [-0.39, 0.29) is 0 Å². The van der Waals surface area contributed by atoms with Crippen molar-refractivity contribution < 1.29 is 9.90 Å². The van der Waals surface area contributed by atoms with Crippen LogP contribution >= 0.6 is 15.9 Å². The van der Waals surface area contributed by atoms with Crippen molar-refractivity contribution in [3.63, 3.8) is 0 Å². The fourth-order valence-corrected chi connectivity index (χ4v) is 1.85. The van der Waals surface area contributed by atoms with Crippen LogP contribution in [0.2, 0.25) is 0 Å². The fourth-order valence-electron chi connectivity index (χ4n) is 1.47. The van der Waals surface area contributed by atoms with E-state index in [2.05, 4.69) is 15.9 Å². The molecule has 0 fully saturated rings. The number of aryl methyl sites for hydroxylation is 1. The first-order valence-corrected chi connectivity index (χ1v) is 5.81. The van der Waals surface area contributed by atoms with Crippen LogP contribution in [0.25, 0.3) is 0 Å². The summed E-state index contributed by atoms with van der Waals surface area (Å²) in [4.78, 5) is 11.1. The molecule has 0 spiro atoms. The SMILES string of the molecule is Cc1ccc(Br)cc1C(N)C(C)(C)C(=O)O. The molecule has 0 bridgehead atoms. The molecule has 1 aromatic rings. The van der Waals surface area contributed by atoms with E-state index in [0.717, 1.165) is 15.6 Å². The van der Waals surface area contributed by atoms with Gasteiger partial charge >= 0.3 is 5.97 Å². The van der Waals surface area contributed by atoms with Gasteiger partial charge in [0.25, 0.3) is 0 Å². The minimum atomic E-state index is -0.981. The number of halogens is 1. The molecule has 0 aliphatic carbocycles. The van der Waals surface area contributed by atoms with Gasteiger partial charge in [0.1, 0.15) is 0 Å². The van der Waals surface area contributed by atoms with E-state index in [0.29, 0.717) is 0 Å². The lowest BCUT2D eigenvalue weighted by Crippen LogP contribution is -2.36. The Labute approximate surface area is 104 Å². The number of aliphatic carboxylic acids is 1. The Morgan fingerprint density at radius 3 is 2.56 bits per heavy atom. The molecule has 3 N–H and O–H groups in total. The first kappa shape index (κ1) is 13.2. The third kappa shape index (κ3) is 2.44. The lowest BCUT2D eigenvalue weighted by atomic mass is 9.80. The third-order valence-corrected chi connectivity index (χ3v) is 3.40. The number of carbonyl (C=O) groups is 1. The van der Waals surface area contributed by atoms with Gasteiger partial charge in [0.2, 0.25) is 0 Å². The molecule has 1 aromatic carbocycles. The van der Waals surface area contributed by atoms with Crippen molar-refractivity contribution in [2.45, 2.75) is 26.8 Å². The molecule has 1 atom stereocenters. The highest BCUT2D eigenvalue weighted by molar-refractivity contribution is 9.10. The first-order chi connectivity index (χ1) is 7.26. The number of nitrogens with two attached hydrogens (primary N) is 1. The van der Waals surface area contributed by atoms with E-state index >= 15 is 0 Å². The van der Waals surface area contributed by atoms with Crippen molar-refractivity contribution >= 4 is 21.9 Å². The Morgan fingerprint density at radius 1 is 1.50 bits per heavy atom. The van der Waals surface area contributed by atoms with Gasteiger partial charge < -0.3 is 10.8 Å². The van der Waals surface area contributed by atoms with Crippen LogP contribution in [0, 0.1) is 12.3 Å². The molecule has 16 heavy (non-hydrogen) atoms. The average Bonchev–Trinajstić information content (AvgIpc) is 2.20. The number of carboxylic acids is 1. The summed E-state index contributed by atoms with van der Waals surface area (Å²) in [6, 6.07) is 5.20. The molecule has 0 saturated carbocycles. The summed E-state index contributed by atoms with van der Waals surface area (Å²) in [7, 11) is 0. The topological polar surface area (TPSA) is 63.3 Å². The highest BCUT2D eigenvalue weighted by Gasteiger charge is 2.36. The highest BCUT2D eigenvalue weighted by atomic mass is 79.9. The van der Waals surface area contributed by atoms with Crippen LogP contribution in [-0.4, -0.2) is 11.1 Å². The largest absolute Gasteiger partial charge is 0.481 e. The number of rotatable bonds is 3. The zero-order valence-corrected chi connectivity index (χ0v) is 11.2. The normalized spacial score (nSPS) is 13.6. The minimum Gasteiger partial charge on any atom is -0.481 e. The number of carboxylic acid groups (broad SMARTS) is 1. The number of hydrogen-bond acceptors (Lipinski definition) is 2. The zero-order valence-electron chi connectivity index (χ0n) is 9.62. The predicted molar refractivity (Wildman–Crippen MR) is 67.2 cm³/mol. The molecule has 1 unspecified atom stereocenters. The molecule has 3 nitrogen and oxygen atoms in total. The molecular weight excluding hydrogens is 270 g/mol. The second-order valence-electron chi connectivity index (χ2n) is 4.51. The summed E-state index contributed by atoms with van der Waals surface area (Å²) in [5.74, 6) is -0.889. The van der Waals surface area contributed by atoms with E-state index < -0.39 is 17.4 Å². The Morgan fingerprint density at radius 2 is 2.06 bits per heavy atom. The van der Waals surface area contributed by atoms with Crippen LogP contribution in [0.5, 0.6) is 0 Å². The van der Waals surface area contributed by atoms with Gasteiger partial charge in [0.05, 0.1) is 5.41 Å². The second kappa shape index (κ2) is 4.55. The van der Waals surface area contributed by atoms with E-state index in [1.54, 1.807) is 13.8 Å². The third-order valence-electron chi connectivity index (χ3n) is 2.91. The van der Waals surface area contributed by atoms with Gasteiger partial charge in [-0.1, -0.05) is 22.0 Å². The maximum Gasteiger partial charge on any atom is 0.311 e. The van der Waals surface area contributed by atoms with Crippen LogP contribution in [0.1, 0.15) is 31.0 Å². The van der Waals surface area contributed by atoms with E-state index in [9.17, 15) is 4.79 Å². The van der Waals surface area contributed by atoms with Gasteiger partial charge in [-0.05, 0) is 44.0 Å². The zero-order chi connectivity index (χ0) is 12.5. The molecule has 4 heteroatoms. The maximum absolute atomic E-state index is 11.1. The first-order valence-electron chi connectivity index (χ1n) is 5.02. The van der Waals surface area contributed by atoms with E-state index in [4.69, 9.17) is 10.8 Å². The van der Waals surface area contributed by atoms with Crippen LogP contribution in [-0.2, 0) is 4.79 Å². The molecule has 88 valence electrons. The monoisotopic (exact) mass is 285 g/mol. The van der Waals surface area contributed by atoms with Crippen LogP contribution in [0.4, 0.5) is 0 Å². The maximum atomic E-state index is 11.1. The van der Waals surface area contributed by atoms with Gasteiger partial charge in [-0.15, -0.1) is 0 Å². The van der Waals surface area contributed by atoms with Crippen LogP contribution in [0.3, 0.4) is 0 Å². The molecule has 0 aliphatic rings. The van der Waals surface area contributed by atoms with Crippen molar-refractivity contribution in [2.75, 3.05) is 0 Å². The summed E-state index contributed by atoms with van der Waals surface area (Å²) in [5, 5.41) is 9.14. The Balaban J connectivity index is 3.19. The van der Waals surface area contributed by atoms with Crippen molar-refractivity contribution in [1.29, 1.82) is 0 Å². The average molecular weight is 286 g/mol. The molecule has 0 amide bonds. The quantitative estimate of drug-likeness (QED) is 0.898. The van der Waals surface area contributed by atoms with Crippen molar-refractivity contribution in [3.8, 4) is 0 Å². The molecule has 0 heterocycles. The van der Waals surface area contributed by atoms with Crippen molar-refractivity contribution in [2.24, 2.45) is 11.1 Å². The lowest BCUT2D eigenvalue weighted by Gasteiger charge is -2.28. The van der Waals surface area contributed by atoms with Gasteiger partial charge in [-0.3, -0.25) is 4.79 Å². The summed E-state index contributed by atoms with van der Waals surface area (Å²) in [5.41, 5.74) is 6.93. The molecule has 0 aliphatic heterocycles. The second-order valence-corrected chi connectivity index (χ2v) is 5.42. The smallest absolute Gasteiger partial charge is 0.311 e.